The van der Waals surface area contributed by atoms with Gasteiger partial charge in [0.2, 0.25) is 5.56 Å². The predicted octanol–water partition coefficient (Wildman–Crippen LogP) is 0.426. The first-order chi connectivity index (χ1) is 10.7. The van der Waals surface area contributed by atoms with Crippen molar-refractivity contribution in [1.82, 2.24) is 25.4 Å². The van der Waals surface area contributed by atoms with Crippen molar-refractivity contribution in [2.75, 3.05) is 13.1 Å². The highest BCUT2D eigenvalue weighted by atomic mass is 16.2. The van der Waals surface area contributed by atoms with E-state index < -0.39 is 0 Å². The molecule has 0 bridgehead atoms. The van der Waals surface area contributed by atoms with E-state index in [0.717, 1.165) is 31.5 Å². The number of nitrogens with zero attached hydrogens (tertiary/aromatic N) is 2. The molecule has 1 atom stereocenters. The van der Waals surface area contributed by atoms with Crippen LogP contribution < -0.4 is 16.2 Å². The third kappa shape index (κ3) is 3.43. The van der Waals surface area contributed by atoms with Gasteiger partial charge in [-0.25, -0.2) is 0 Å². The number of hydrogen-bond donors (Lipinski definition) is 3. The smallest absolute Gasteiger partial charge is 0.272 e. The number of carbonyl (C=O) groups excluding carboxylic acids is 1. The van der Waals surface area contributed by atoms with Gasteiger partial charge < -0.3 is 15.6 Å². The largest absolute Gasteiger partial charge is 0.347 e. The molecule has 7 heteroatoms. The van der Waals surface area contributed by atoms with Crippen molar-refractivity contribution in [3.05, 3.63) is 52.2 Å². The molecule has 3 N–H and O–H groups in total. The predicted molar refractivity (Wildman–Crippen MR) is 81.6 cm³/mol. The molecule has 22 heavy (non-hydrogen) atoms. The molecule has 1 aliphatic rings. The van der Waals surface area contributed by atoms with Gasteiger partial charge in [0.05, 0.1) is 6.04 Å². The minimum absolute atomic E-state index is 0.157. The Morgan fingerprint density at radius 2 is 2.32 bits per heavy atom. The number of carbonyl (C=O) groups is 1. The summed E-state index contributed by atoms with van der Waals surface area (Å²) in [5, 5.41) is 10.5. The summed E-state index contributed by atoms with van der Waals surface area (Å²) in [5.41, 5.74) is 1.09. The molecule has 1 amide bonds. The minimum Gasteiger partial charge on any atom is -0.347 e. The van der Waals surface area contributed by atoms with Crippen LogP contribution in [-0.2, 0) is 6.54 Å². The normalized spacial score (nSPS) is 18.1. The van der Waals surface area contributed by atoms with Crippen molar-refractivity contribution in [2.45, 2.75) is 25.4 Å². The van der Waals surface area contributed by atoms with Gasteiger partial charge in [-0.3, -0.25) is 14.3 Å². The number of piperidine rings is 1. The van der Waals surface area contributed by atoms with Gasteiger partial charge in [-0.1, -0.05) is 6.07 Å². The SMILES string of the molecule is O=C(NCc1ccc(=O)[nH]c1)c1ccn([C@H]2CCCNC2)n1. The van der Waals surface area contributed by atoms with Gasteiger partial charge in [0.15, 0.2) is 0 Å². The maximum absolute atomic E-state index is 12.1. The summed E-state index contributed by atoms with van der Waals surface area (Å²) in [4.78, 5) is 25.7. The van der Waals surface area contributed by atoms with Gasteiger partial charge in [0.1, 0.15) is 5.69 Å². The van der Waals surface area contributed by atoms with E-state index in [1.807, 2.05) is 10.9 Å². The van der Waals surface area contributed by atoms with E-state index in [1.54, 1.807) is 18.3 Å². The summed E-state index contributed by atoms with van der Waals surface area (Å²) in [6, 6.07) is 5.17. The average molecular weight is 301 g/mol. The Bertz CT molecular complexity index is 679. The van der Waals surface area contributed by atoms with Crippen LogP contribution >= 0.6 is 0 Å². The van der Waals surface area contributed by atoms with Crippen LogP contribution in [0.2, 0.25) is 0 Å². The van der Waals surface area contributed by atoms with Crippen molar-refractivity contribution < 1.29 is 4.79 Å². The van der Waals surface area contributed by atoms with Crippen molar-refractivity contribution in [3.63, 3.8) is 0 Å². The third-order valence-corrected chi connectivity index (χ3v) is 3.79. The van der Waals surface area contributed by atoms with Crippen LogP contribution in [0.1, 0.15) is 34.9 Å². The van der Waals surface area contributed by atoms with E-state index in [-0.39, 0.29) is 11.5 Å². The fourth-order valence-corrected chi connectivity index (χ4v) is 2.55. The number of pyridine rings is 1. The molecule has 2 aromatic heterocycles. The van der Waals surface area contributed by atoms with Crippen LogP contribution in [0.25, 0.3) is 0 Å². The molecule has 116 valence electrons. The molecular weight excluding hydrogens is 282 g/mol. The molecule has 3 rings (SSSR count). The molecule has 1 saturated heterocycles. The first kappa shape index (κ1) is 14.5. The summed E-state index contributed by atoms with van der Waals surface area (Å²) in [6.45, 7) is 2.29. The monoisotopic (exact) mass is 301 g/mol. The average Bonchev–Trinajstić information content (AvgIpc) is 3.05. The van der Waals surface area contributed by atoms with Crippen LogP contribution in [0.3, 0.4) is 0 Å². The third-order valence-electron chi connectivity index (χ3n) is 3.79. The zero-order chi connectivity index (χ0) is 15.4. The van der Waals surface area contributed by atoms with E-state index in [1.165, 1.54) is 6.07 Å². The number of aromatic amines is 1. The fraction of sp³-hybridized carbons (Fsp3) is 0.400. The Balaban J connectivity index is 1.59. The quantitative estimate of drug-likeness (QED) is 0.763. The van der Waals surface area contributed by atoms with Gasteiger partial charge >= 0.3 is 0 Å². The molecule has 0 unspecified atom stereocenters. The maximum Gasteiger partial charge on any atom is 0.272 e. The van der Waals surface area contributed by atoms with E-state index in [0.29, 0.717) is 18.3 Å². The van der Waals surface area contributed by atoms with Gasteiger partial charge in [0.25, 0.3) is 5.91 Å². The molecule has 0 aromatic carbocycles. The molecule has 0 spiro atoms. The second-order valence-corrected chi connectivity index (χ2v) is 5.43. The lowest BCUT2D eigenvalue weighted by Crippen LogP contribution is -2.32. The summed E-state index contributed by atoms with van der Waals surface area (Å²) in [7, 11) is 0. The van der Waals surface area contributed by atoms with E-state index >= 15 is 0 Å². The second-order valence-electron chi connectivity index (χ2n) is 5.43. The fourth-order valence-electron chi connectivity index (χ4n) is 2.55. The number of H-pyrrole nitrogens is 1. The molecule has 7 nitrogen and oxygen atoms in total. The Morgan fingerprint density at radius 3 is 3.05 bits per heavy atom. The molecule has 0 saturated carbocycles. The van der Waals surface area contributed by atoms with Gasteiger partial charge in [0, 0.05) is 31.5 Å². The van der Waals surface area contributed by atoms with Crippen molar-refractivity contribution in [3.8, 4) is 0 Å². The minimum atomic E-state index is -0.214. The number of aromatic nitrogens is 3. The van der Waals surface area contributed by atoms with Crippen molar-refractivity contribution in [1.29, 1.82) is 0 Å². The second kappa shape index (κ2) is 6.57. The molecule has 3 heterocycles. The molecule has 0 radical (unpaired) electrons. The zero-order valence-electron chi connectivity index (χ0n) is 12.2. The zero-order valence-corrected chi connectivity index (χ0v) is 12.2. The van der Waals surface area contributed by atoms with Crippen LogP contribution in [-0.4, -0.2) is 33.8 Å². The van der Waals surface area contributed by atoms with E-state index in [2.05, 4.69) is 20.7 Å². The summed E-state index contributed by atoms with van der Waals surface area (Å²) >= 11 is 0. The maximum atomic E-state index is 12.1. The van der Waals surface area contributed by atoms with Crippen molar-refractivity contribution in [2.24, 2.45) is 0 Å². The Morgan fingerprint density at radius 1 is 1.41 bits per heavy atom. The lowest BCUT2D eigenvalue weighted by molar-refractivity contribution is 0.0944. The highest BCUT2D eigenvalue weighted by Gasteiger charge is 2.17. The molecule has 1 fully saturated rings. The number of nitrogens with one attached hydrogen (secondary N) is 3. The Hall–Kier alpha value is -2.41. The van der Waals surface area contributed by atoms with Crippen LogP contribution in [0.15, 0.2) is 35.4 Å². The van der Waals surface area contributed by atoms with Crippen LogP contribution in [0.4, 0.5) is 0 Å². The molecule has 2 aromatic rings. The lowest BCUT2D eigenvalue weighted by Gasteiger charge is -2.22. The van der Waals surface area contributed by atoms with E-state index in [9.17, 15) is 9.59 Å². The Labute approximate surface area is 127 Å². The number of hydrogen-bond acceptors (Lipinski definition) is 4. The van der Waals surface area contributed by atoms with Crippen molar-refractivity contribution >= 4 is 5.91 Å². The molecule has 0 aliphatic carbocycles. The van der Waals surface area contributed by atoms with Gasteiger partial charge in [-0.05, 0) is 31.0 Å². The highest BCUT2D eigenvalue weighted by Crippen LogP contribution is 2.15. The van der Waals surface area contributed by atoms with E-state index in [4.69, 9.17) is 0 Å². The number of rotatable bonds is 4. The first-order valence-electron chi connectivity index (χ1n) is 7.44. The molecule has 1 aliphatic heterocycles. The summed E-state index contributed by atoms with van der Waals surface area (Å²) in [5.74, 6) is -0.214. The lowest BCUT2D eigenvalue weighted by atomic mass is 10.1. The first-order valence-corrected chi connectivity index (χ1v) is 7.44. The number of amides is 1. The van der Waals surface area contributed by atoms with Crippen LogP contribution in [0.5, 0.6) is 0 Å². The Kier molecular flexibility index (Phi) is 4.34. The van der Waals surface area contributed by atoms with Gasteiger partial charge in [-0.2, -0.15) is 5.10 Å². The highest BCUT2D eigenvalue weighted by molar-refractivity contribution is 5.92. The topological polar surface area (TPSA) is 91.8 Å². The summed E-state index contributed by atoms with van der Waals surface area (Å²) in [6.07, 6.45) is 5.65. The standard InChI is InChI=1S/C15H19N5O2/c21-14-4-3-11(8-17-14)9-18-15(22)13-5-7-20(19-13)12-2-1-6-16-10-12/h3-5,7-8,12,16H,1-2,6,9-10H2,(H,17,21)(H,18,22)/t12-/m0/s1. The van der Waals surface area contributed by atoms with Crippen LogP contribution in [0, 0.1) is 0 Å². The van der Waals surface area contributed by atoms with Gasteiger partial charge in [-0.15, -0.1) is 0 Å². The molecular formula is C15H19N5O2. The summed E-state index contributed by atoms with van der Waals surface area (Å²) < 4.78 is 1.86.